The molecule has 7 nitrogen and oxygen atoms in total. The van der Waals surface area contributed by atoms with Gasteiger partial charge in [-0.05, 0) is 44.2 Å². The highest BCUT2D eigenvalue weighted by molar-refractivity contribution is 5.93. The molecule has 7 heteroatoms. The Morgan fingerprint density at radius 1 is 0.964 bits per heavy atom. The minimum absolute atomic E-state index is 0.0174. The molecule has 2 saturated heterocycles. The van der Waals surface area contributed by atoms with E-state index in [0.29, 0.717) is 30.3 Å². The first-order chi connectivity index (χ1) is 13.6. The van der Waals surface area contributed by atoms with Crippen LogP contribution in [0.2, 0.25) is 0 Å². The van der Waals surface area contributed by atoms with Crippen molar-refractivity contribution in [3.63, 3.8) is 0 Å². The molecule has 2 aliphatic rings. The van der Waals surface area contributed by atoms with Crippen molar-refractivity contribution in [1.29, 1.82) is 0 Å². The zero-order chi connectivity index (χ0) is 19.7. The number of aromatic nitrogens is 1. The van der Waals surface area contributed by atoms with Crippen molar-refractivity contribution in [3.8, 4) is 11.8 Å². The molecule has 150 valence electrons. The molecule has 3 heterocycles. The average Bonchev–Trinajstić information content (AvgIpc) is 3.45. The molecular weight excluding hydrogens is 358 g/mol. The largest absolute Gasteiger partial charge is 0.494 e. The molecule has 2 aliphatic heterocycles. The monoisotopic (exact) mass is 385 g/mol. The lowest BCUT2D eigenvalue weighted by Crippen LogP contribution is -2.46. The number of likely N-dealkylation sites (tertiary alicyclic amines) is 2. The second kappa shape index (κ2) is 7.73. The van der Waals surface area contributed by atoms with Gasteiger partial charge in [0.1, 0.15) is 6.04 Å². The van der Waals surface area contributed by atoms with E-state index in [2.05, 4.69) is 0 Å². The summed E-state index contributed by atoms with van der Waals surface area (Å²) in [6.45, 7) is 2.58. The molecule has 2 fully saturated rings. The van der Waals surface area contributed by atoms with Gasteiger partial charge in [0.15, 0.2) is 0 Å². The number of carbonyl (C=O) groups excluding carboxylic acids is 2. The SMILES string of the molecule is O=C([C@@H]1CCCN1C(=O)CCCn1c(O)c2ccccc2c1O)N1CCCC1. The van der Waals surface area contributed by atoms with E-state index in [1.54, 1.807) is 29.2 Å². The van der Waals surface area contributed by atoms with Crippen molar-refractivity contribution in [3.05, 3.63) is 24.3 Å². The van der Waals surface area contributed by atoms with Crippen LogP contribution in [-0.4, -0.2) is 62.1 Å². The first-order valence-electron chi connectivity index (χ1n) is 10.2. The van der Waals surface area contributed by atoms with Gasteiger partial charge in [-0.25, -0.2) is 0 Å². The Balaban J connectivity index is 1.37. The fraction of sp³-hybridized carbons (Fsp3) is 0.524. The molecule has 1 atom stereocenters. The van der Waals surface area contributed by atoms with Gasteiger partial charge in [-0.3, -0.25) is 14.2 Å². The van der Waals surface area contributed by atoms with Crippen LogP contribution in [0, 0.1) is 0 Å². The van der Waals surface area contributed by atoms with Gasteiger partial charge in [-0.15, -0.1) is 0 Å². The number of nitrogens with zero attached hydrogens (tertiary/aromatic N) is 3. The van der Waals surface area contributed by atoms with E-state index >= 15 is 0 Å². The highest BCUT2D eigenvalue weighted by atomic mass is 16.3. The number of amides is 2. The normalized spacial score (nSPS) is 19.6. The predicted molar refractivity (Wildman–Crippen MR) is 105 cm³/mol. The minimum atomic E-state index is -0.318. The van der Waals surface area contributed by atoms with Crippen LogP contribution in [0.5, 0.6) is 11.8 Å². The van der Waals surface area contributed by atoms with Gasteiger partial charge in [-0.2, -0.15) is 0 Å². The predicted octanol–water partition coefficient (Wildman–Crippen LogP) is 2.45. The highest BCUT2D eigenvalue weighted by Crippen LogP contribution is 2.36. The number of hydrogen-bond donors (Lipinski definition) is 2. The third-order valence-electron chi connectivity index (χ3n) is 5.97. The van der Waals surface area contributed by atoms with E-state index in [1.807, 2.05) is 4.90 Å². The van der Waals surface area contributed by atoms with E-state index in [1.165, 1.54) is 4.57 Å². The smallest absolute Gasteiger partial charge is 0.245 e. The Morgan fingerprint density at radius 3 is 2.25 bits per heavy atom. The van der Waals surface area contributed by atoms with Crippen LogP contribution in [-0.2, 0) is 16.1 Å². The lowest BCUT2D eigenvalue weighted by atomic mass is 10.2. The van der Waals surface area contributed by atoms with E-state index < -0.39 is 0 Å². The van der Waals surface area contributed by atoms with E-state index in [-0.39, 0.29) is 36.0 Å². The number of rotatable bonds is 5. The first kappa shape index (κ1) is 18.7. The van der Waals surface area contributed by atoms with Gasteiger partial charge in [0, 0.05) is 43.4 Å². The summed E-state index contributed by atoms with van der Waals surface area (Å²) in [5, 5.41) is 21.9. The maximum absolute atomic E-state index is 12.7. The maximum Gasteiger partial charge on any atom is 0.245 e. The van der Waals surface area contributed by atoms with E-state index in [4.69, 9.17) is 0 Å². The Kier molecular flexibility index (Phi) is 5.15. The van der Waals surface area contributed by atoms with Crippen LogP contribution in [0.15, 0.2) is 24.3 Å². The van der Waals surface area contributed by atoms with Gasteiger partial charge >= 0.3 is 0 Å². The molecule has 4 rings (SSSR count). The van der Waals surface area contributed by atoms with Crippen molar-refractivity contribution in [2.45, 2.75) is 51.1 Å². The molecular formula is C21H27N3O4. The number of benzene rings is 1. The molecule has 2 amide bonds. The van der Waals surface area contributed by atoms with Gasteiger partial charge in [0.2, 0.25) is 23.6 Å². The molecule has 0 unspecified atom stereocenters. The van der Waals surface area contributed by atoms with Crippen LogP contribution in [0.3, 0.4) is 0 Å². The number of aromatic hydroxyl groups is 2. The molecule has 1 aromatic heterocycles. The Bertz CT molecular complexity index is 846. The zero-order valence-corrected chi connectivity index (χ0v) is 16.0. The molecule has 2 aromatic rings. The number of hydrogen-bond acceptors (Lipinski definition) is 4. The molecule has 1 aromatic carbocycles. The quantitative estimate of drug-likeness (QED) is 0.828. The maximum atomic E-state index is 12.7. The topological polar surface area (TPSA) is 86.0 Å². The summed E-state index contributed by atoms with van der Waals surface area (Å²) in [5.74, 6) is 0.105. The highest BCUT2D eigenvalue weighted by Gasteiger charge is 2.36. The Hall–Kier alpha value is -2.70. The molecule has 28 heavy (non-hydrogen) atoms. The summed E-state index contributed by atoms with van der Waals surface area (Å²) in [6, 6.07) is 6.80. The summed E-state index contributed by atoms with van der Waals surface area (Å²) < 4.78 is 1.44. The van der Waals surface area contributed by atoms with Crippen molar-refractivity contribution < 1.29 is 19.8 Å². The van der Waals surface area contributed by atoms with Crippen molar-refractivity contribution >= 4 is 22.6 Å². The second-order valence-electron chi connectivity index (χ2n) is 7.73. The molecule has 0 spiro atoms. The summed E-state index contributed by atoms with van der Waals surface area (Å²) in [7, 11) is 0. The lowest BCUT2D eigenvalue weighted by molar-refractivity contribution is -0.143. The van der Waals surface area contributed by atoms with Crippen LogP contribution < -0.4 is 0 Å². The van der Waals surface area contributed by atoms with E-state index in [9.17, 15) is 19.8 Å². The standard InChI is InChI=1S/C21H27N3O4/c25-18(23-13-5-9-17(23)21(28)22-11-3-4-12-22)10-6-14-24-19(26)15-7-1-2-8-16(15)20(24)27/h1-2,7-8,17,26-27H,3-6,9-14H2/t17-/m0/s1. The molecule has 0 bridgehead atoms. The van der Waals surface area contributed by atoms with Gasteiger partial charge in [0.25, 0.3) is 0 Å². The van der Waals surface area contributed by atoms with Crippen molar-refractivity contribution in [2.75, 3.05) is 19.6 Å². The fourth-order valence-electron chi connectivity index (χ4n) is 4.48. The van der Waals surface area contributed by atoms with Crippen LogP contribution >= 0.6 is 0 Å². The fourth-order valence-corrected chi connectivity index (χ4v) is 4.48. The Morgan fingerprint density at radius 2 is 1.61 bits per heavy atom. The number of carbonyl (C=O) groups is 2. The summed E-state index contributed by atoms with van der Waals surface area (Å²) in [6.07, 6.45) is 4.47. The lowest BCUT2D eigenvalue weighted by Gasteiger charge is -2.27. The molecule has 0 aliphatic carbocycles. The van der Waals surface area contributed by atoms with Crippen molar-refractivity contribution in [2.24, 2.45) is 0 Å². The average molecular weight is 385 g/mol. The summed E-state index contributed by atoms with van der Waals surface area (Å²) in [5.41, 5.74) is 0. The van der Waals surface area contributed by atoms with E-state index in [0.717, 1.165) is 38.8 Å². The van der Waals surface area contributed by atoms with Crippen LogP contribution in [0.4, 0.5) is 0 Å². The molecule has 2 N–H and O–H groups in total. The third kappa shape index (κ3) is 3.30. The molecule has 0 radical (unpaired) electrons. The number of fused-ring (bicyclic) bond motifs is 1. The second-order valence-corrected chi connectivity index (χ2v) is 7.73. The Labute approximate surface area is 164 Å². The summed E-state index contributed by atoms with van der Waals surface area (Å²) in [4.78, 5) is 29.1. The van der Waals surface area contributed by atoms with Crippen molar-refractivity contribution in [1.82, 2.24) is 14.4 Å². The third-order valence-corrected chi connectivity index (χ3v) is 5.97. The van der Waals surface area contributed by atoms with Gasteiger partial charge < -0.3 is 20.0 Å². The van der Waals surface area contributed by atoms with Crippen LogP contribution in [0.1, 0.15) is 38.5 Å². The minimum Gasteiger partial charge on any atom is -0.494 e. The first-order valence-corrected chi connectivity index (χ1v) is 10.2. The van der Waals surface area contributed by atoms with Gasteiger partial charge in [-0.1, -0.05) is 12.1 Å². The van der Waals surface area contributed by atoms with Gasteiger partial charge in [0.05, 0.1) is 0 Å². The molecule has 0 saturated carbocycles. The summed E-state index contributed by atoms with van der Waals surface area (Å²) >= 11 is 0. The zero-order valence-electron chi connectivity index (χ0n) is 16.0. The van der Waals surface area contributed by atoms with Crippen LogP contribution in [0.25, 0.3) is 10.8 Å².